The van der Waals surface area contributed by atoms with E-state index in [2.05, 4.69) is 11.4 Å². The van der Waals surface area contributed by atoms with Crippen molar-refractivity contribution >= 4 is 12.0 Å². The monoisotopic (exact) mass is 306 g/mol. The molecule has 0 fully saturated rings. The second-order valence-corrected chi connectivity index (χ2v) is 5.35. The lowest BCUT2D eigenvalue weighted by molar-refractivity contribution is -0.137. The first-order valence-electron chi connectivity index (χ1n) is 7.50. The van der Waals surface area contributed by atoms with Gasteiger partial charge in [0.15, 0.2) is 0 Å². The fourth-order valence-electron chi connectivity index (χ4n) is 2.58. The molecule has 0 spiro atoms. The molecular formula is C16H22N2O4. The number of fused-ring (bicyclic) bond motifs is 1. The van der Waals surface area contributed by atoms with Crippen LogP contribution in [-0.2, 0) is 17.6 Å². The number of hydrogen-bond acceptors (Lipinski definition) is 3. The third-order valence-corrected chi connectivity index (χ3v) is 3.85. The molecule has 1 aromatic carbocycles. The van der Waals surface area contributed by atoms with E-state index in [-0.39, 0.29) is 12.5 Å². The molecule has 0 atom stereocenters. The molecule has 120 valence electrons. The van der Waals surface area contributed by atoms with Crippen LogP contribution in [0.4, 0.5) is 4.79 Å². The zero-order valence-electron chi connectivity index (χ0n) is 12.8. The smallest absolute Gasteiger partial charge is 0.317 e. The summed E-state index contributed by atoms with van der Waals surface area (Å²) in [4.78, 5) is 24.3. The van der Waals surface area contributed by atoms with E-state index in [1.807, 2.05) is 12.1 Å². The minimum absolute atomic E-state index is 0.0749. The molecule has 1 aromatic rings. The highest BCUT2D eigenvalue weighted by Crippen LogP contribution is 2.21. The number of methoxy groups -OCH3 is 1. The molecule has 22 heavy (non-hydrogen) atoms. The van der Waals surface area contributed by atoms with Crippen molar-refractivity contribution in [3.05, 3.63) is 29.3 Å². The van der Waals surface area contributed by atoms with Gasteiger partial charge in [0, 0.05) is 26.1 Å². The van der Waals surface area contributed by atoms with E-state index in [1.165, 1.54) is 11.1 Å². The molecule has 2 N–H and O–H groups in total. The van der Waals surface area contributed by atoms with Crippen molar-refractivity contribution in [3.63, 3.8) is 0 Å². The average molecular weight is 306 g/mol. The molecule has 1 aliphatic heterocycles. The first-order chi connectivity index (χ1) is 10.6. The summed E-state index contributed by atoms with van der Waals surface area (Å²) in [6.45, 7) is 1.72. The number of nitrogens with one attached hydrogen (secondary N) is 1. The topological polar surface area (TPSA) is 78.9 Å². The largest absolute Gasteiger partial charge is 0.497 e. The Morgan fingerprint density at radius 2 is 2.00 bits per heavy atom. The molecule has 6 nitrogen and oxygen atoms in total. The lowest BCUT2D eigenvalue weighted by atomic mass is 10.0. The van der Waals surface area contributed by atoms with Crippen molar-refractivity contribution in [2.24, 2.45) is 0 Å². The maximum Gasteiger partial charge on any atom is 0.317 e. The summed E-state index contributed by atoms with van der Waals surface area (Å²) in [6.07, 6.45) is 2.15. The SMILES string of the molecule is COc1ccc2c(c1)CCN(C(=O)NCCCC(=O)O)CC2. The summed E-state index contributed by atoms with van der Waals surface area (Å²) >= 11 is 0. The Labute approximate surface area is 130 Å². The van der Waals surface area contributed by atoms with E-state index in [0.717, 1.165) is 18.6 Å². The maximum atomic E-state index is 12.1. The summed E-state index contributed by atoms with van der Waals surface area (Å²) < 4.78 is 5.24. The predicted molar refractivity (Wildman–Crippen MR) is 82.2 cm³/mol. The fraction of sp³-hybridized carbons (Fsp3) is 0.500. The Bertz CT molecular complexity index is 545. The molecule has 2 rings (SSSR count). The van der Waals surface area contributed by atoms with E-state index >= 15 is 0 Å². The highest BCUT2D eigenvalue weighted by molar-refractivity contribution is 5.74. The van der Waals surface area contributed by atoms with Crippen LogP contribution in [0.1, 0.15) is 24.0 Å². The van der Waals surface area contributed by atoms with Gasteiger partial charge >= 0.3 is 12.0 Å². The molecule has 0 unspecified atom stereocenters. The standard InChI is InChI=1S/C16H22N2O4/c1-22-14-5-4-12-6-9-18(10-7-13(12)11-14)16(21)17-8-2-3-15(19)20/h4-5,11H,2-3,6-10H2,1H3,(H,17,21)(H,19,20). The van der Waals surface area contributed by atoms with Crippen LogP contribution >= 0.6 is 0 Å². The van der Waals surface area contributed by atoms with Gasteiger partial charge in [-0.25, -0.2) is 4.79 Å². The summed E-state index contributed by atoms with van der Waals surface area (Å²) in [5, 5.41) is 11.4. The van der Waals surface area contributed by atoms with Crippen molar-refractivity contribution in [1.82, 2.24) is 10.2 Å². The summed E-state index contributed by atoms with van der Waals surface area (Å²) in [6, 6.07) is 5.91. The van der Waals surface area contributed by atoms with Gasteiger partial charge in [-0.15, -0.1) is 0 Å². The van der Waals surface area contributed by atoms with E-state index < -0.39 is 5.97 Å². The second kappa shape index (κ2) is 7.68. The first-order valence-corrected chi connectivity index (χ1v) is 7.50. The Kier molecular flexibility index (Phi) is 5.63. The Morgan fingerprint density at radius 1 is 1.27 bits per heavy atom. The number of amides is 2. The van der Waals surface area contributed by atoms with Crippen LogP contribution < -0.4 is 10.1 Å². The minimum Gasteiger partial charge on any atom is -0.497 e. The Balaban J connectivity index is 1.86. The second-order valence-electron chi connectivity index (χ2n) is 5.35. The van der Waals surface area contributed by atoms with Gasteiger partial charge in [0.25, 0.3) is 0 Å². The number of aliphatic carboxylic acids is 1. The van der Waals surface area contributed by atoms with Gasteiger partial charge in [-0.3, -0.25) is 4.79 Å². The number of rotatable bonds is 5. The van der Waals surface area contributed by atoms with Crippen LogP contribution in [-0.4, -0.2) is 48.8 Å². The van der Waals surface area contributed by atoms with Crippen LogP contribution in [0, 0.1) is 0 Å². The van der Waals surface area contributed by atoms with Crippen LogP contribution in [0.5, 0.6) is 5.75 Å². The highest BCUT2D eigenvalue weighted by atomic mass is 16.5. The third-order valence-electron chi connectivity index (χ3n) is 3.85. The Morgan fingerprint density at radius 3 is 2.68 bits per heavy atom. The fourth-order valence-corrected chi connectivity index (χ4v) is 2.58. The van der Waals surface area contributed by atoms with Gasteiger partial charge in [-0.05, 0) is 42.5 Å². The van der Waals surface area contributed by atoms with Gasteiger partial charge in [-0.1, -0.05) is 6.07 Å². The predicted octanol–water partition coefficient (Wildman–Crippen LogP) is 1.67. The van der Waals surface area contributed by atoms with E-state index in [1.54, 1.807) is 12.0 Å². The van der Waals surface area contributed by atoms with Gasteiger partial charge in [-0.2, -0.15) is 0 Å². The molecule has 1 aliphatic rings. The molecule has 0 saturated heterocycles. The Hall–Kier alpha value is -2.24. The zero-order valence-corrected chi connectivity index (χ0v) is 12.8. The zero-order chi connectivity index (χ0) is 15.9. The molecule has 1 heterocycles. The number of hydrogen-bond donors (Lipinski definition) is 2. The van der Waals surface area contributed by atoms with Crippen molar-refractivity contribution in [2.45, 2.75) is 25.7 Å². The molecule has 0 aliphatic carbocycles. The van der Waals surface area contributed by atoms with Gasteiger partial charge in [0.1, 0.15) is 5.75 Å². The minimum atomic E-state index is -0.839. The highest BCUT2D eigenvalue weighted by Gasteiger charge is 2.18. The number of urea groups is 1. The first kappa shape index (κ1) is 16.1. The molecule has 0 saturated carbocycles. The lowest BCUT2D eigenvalue weighted by Crippen LogP contribution is -2.41. The van der Waals surface area contributed by atoms with E-state index in [9.17, 15) is 9.59 Å². The maximum absolute atomic E-state index is 12.1. The van der Waals surface area contributed by atoms with Crippen molar-refractivity contribution < 1.29 is 19.4 Å². The number of benzene rings is 1. The van der Waals surface area contributed by atoms with Gasteiger partial charge < -0.3 is 20.1 Å². The van der Waals surface area contributed by atoms with Crippen LogP contribution in [0.2, 0.25) is 0 Å². The number of carbonyl (C=O) groups excluding carboxylic acids is 1. The van der Waals surface area contributed by atoms with Crippen molar-refractivity contribution in [1.29, 1.82) is 0 Å². The van der Waals surface area contributed by atoms with Crippen LogP contribution in [0.3, 0.4) is 0 Å². The van der Waals surface area contributed by atoms with Gasteiger partial charge in [0.2, 0.25) is 0 Å². The summed E-state index contributed by atoms with van der Waals surface area (Å²) in [5.41, 5.74) is 2.47. The quantitative estimate of drug-likeness (QED) is 0.811. The molecule has 0 radical (unpaired) electrons. The normalized spacial score (nSPS) is 14.0. The number of carboxylic acids is 1. The molecule has 0 bridgehead atoms. The summed E-state index contributed by atoms with van der Waals surface area (Å²) in [7, 11) is 1.65. The average Bonchev–Trinajstić information content (AvgIpc) is 2.73. The van der Waals surface area contributed by atoms with Crippen LogP contribution in [0.25, 0.3) is 0 Å². The third kappa shape index (κ3) is 4.38. The molecule has 0 aromatic heterocycles. The summed E-state index contributed by atoms with van der Waals surface area (Å²) in [5.74, 6) is -0.00117. The van der Waals surface area contributed by atoms with Gasteiger partial charge in [0.05, 0.1) is 7.11 Å². The number of nitrogens with zero attached hydrogens (tertiary/aromatic N) is 1. The molecule has 6 heteroatoms. The number of carbonyl (C=O) groups is 2. The van der Waals surface area contributed by atoms with Crippen molar-refractivity contribution in [2.75, 3.05) is 26.7 Å². The molecule has 2 amide bonds. The van der Waals surface area contributed by atoms with E-state index in [4.69, 9.17) is 9.84 Å². The molecular weight excluding hydrogens is 284 g/mol. The van der Waals surface area contributed by atoms with Crippen molar-refractivity contribution in [3.8, 4) is 5.75 Å². The number of ether oxygens (including phenoxy) is 1. The van der Waals surface area contributed by atoms with E-state index in [0.29, 0.717) is 26.1 Å². The lowest BCUT2D eigenvalue weighted by Gasteiger charge is -2.20. The van der Waals surface area contributed by atoms with Crippen LogP contribution in [0.15, 0.2) is 18.2 Å². The number of carboxylic acid groups (broad SMARTS) is 1.